The Balaban J connectivity index is 2.26. The van der Waals surface area contributed by atoms with Crippen LogP contribution in [0.4, 0.5) is 15.8 Å². The molecule has 0 aliphatic heterocycles. The maximum absolute atomic E-state index is 12.8. The number of nitrogens with two attached hydrogens (primary N) is 1. The molecular formula is C13H9Br2FN2O. The molecule has 98 valence electrons. The quantitative estimate of drug-likeness (QED) is 0.759. The number of anilines is 2. The molecule has 1 amide bonds. The van der Waals surface area contributed by atoms with Crippen molar-refractivity contribution in [2.75, 3.05) is 11.1 Å². The van der Waals surface area contributed by atoms with Gasteiger partial charge in [0.15, 0.2) is 0 Å². The number of hydrogen-bond donors (Lipinski definition) is 2. The normalized spacial score (nSPS) is 10.3. The molecule has 0 radical (unpaired) electrons. The van der Waals surface area contributed by atoms with Crippen LogP contribution < -0.4 is 11.1 Å². The topological polar surface area (TPSA) is 55.1 Å². The molecule has 19 heavy (non-hydrogen) atoms. The minimum atomic E-state index is -0.383. The van der Waals surface area contributed by atoms with E-state index in [-0.39, 0.29) is 11.7 Å². The lowest BCUT2D eigenvalue weighted by Crippen LogP contribution is -2.12. The molecule has 0 aromatic heterocycles. The van der Waals surface area contributed by atoms with Crippen LogP contribution in [0.3, 0.4) is 0 Å². The van der Waals surface area contributed by atoms with Crippen molar-refractivity contribution >= 4 is 49.1 Å². The monoisotopic (exact) mass is 386 g/mol. The van der Waals surface area contributed by atoms with Gasteiger partial charge in [-0.1, -0.05) is 0 Å². The highest BCUT2D eigenvalue weighted by Crippen LogP contribution is 2.33. The number of hydrogen-bond acceptors (Lipinski definition) is 2. The van der Waals surface area contributed by atoms with Gasteiger partial charge in [0.25, 0.3) is 5.91 Å². The van der Waals surface area contributed by atoms with Gasteiger partial charge in [-0.2, -0.15) is 0 Å². The molecule has 0 heterocycles. The summed E-state index contributed by atoms with van der Waals surface area (Å²) in [5, 5.41) is 2.73. The Kier molecular flexibility index (Phi) is 4.21. The molecule has 0 aliphatic rings. The Hall–Kier alpha value is -1.40. The Bertz CT molecular complexity index is 606. The minimum Gasteiger partial charge on any atom is -0.399 e. The Morgan fingerprint density at radius 3 is 2.16 bits per heavy atom. The zero-order valence-electron chi connectivity index (χ0n) is 9.58. The van der Waals surface area contributed by atoms with E-state index in [1.54, 1.807) is 12.1 Å². The van der Waals surface area contributed by atoms with Gasteiger partial charge in [0.2, 0.25) is 0 Å². The van der Waals surface area contributed by atoms with E-state index in [1.165, 1.54) is 24.3 Å². The van der Waals surface area contributed by atoms with E-state index in [1.807, 2.05) is 0 Å². The van der Waals surface area contributed by atoms with Crippen LogP contribution in [0, 0.1) is 5.82 Å². The highest BCUT2D eigenvalue weighted by molar-refractivity contribution is 9.11. The largest absolute Gasteiger partial charge is 0.399 e. The third-order valence-electron chi connectivity index (χ3n) is 2.41. The van der Waals surface area contributed by atoms with Gasteiger partial charge < -0.3 is 11.1 Å². The molecule has 3 nitrogen and oxygen atoms in total. The zero-order valence-corrected chi connectivity index (χ0v) is 12.8. The van der Waals surface area contributed by atoms with Gasteiger partial charge in [-0.25, -0.2) is 4.39 Å². The predicted molar refractivity (Wildman–Crippen MR) is 80.6 cm³/mol. The molecular weight excluding hydrogens is 379 g/mol. The highest BCUT2D eigenvalue weighted by atomic mass is 79.9. The minimum absolute atomic E-state index is 0.328. The number of benzene rings is 2. The van der Waals surface area contributed by atoms with Crippen molar-refractivity contribution in [1.82, 2.24) is 0 Å². The van der Waals surface area contributed by atoms with E-state index >= 15 is 0 Å². The molecule has 0 saturated heterocycles. The van der Waals surface area contributed by atoms with Gasteiger partial charge in [-0.05, 0) is 68.3 Å². The fourth-order valence-corrected chi connectivity index (χ4v) is 2.92. The van der Waals surface area contributed by atoms with Crippen LogP contribution in [-0.2, 0) is 0 Å². The summed E-state index contributed by atoms with van der Waals surface area (Å²) in [6.07, 6.45) is 0. The van der Waals surface area contributed by atoms with Crippen molar-refractivity contribution in [3.05, 3.63) is 56.7 Å². The summed E-state index contributed by atoms with van der Waals surface area (Å²) < 4.78 is 14.1. The summed E-state index contributed by atoms with van der Waals surface area (Å²) in [4.78, 5) is 12.0. The van der Waals surface area contributed by atoms with Gasteiger partial charge in [0, 0.05) is 20.2 Å². The summed E-state index contributed by atoms with van der Waals surface area (Å²) in [7, 11) is 0. The lowest BCUT2D eigenvalue weighted by atomic mass is 10.2. The lowest BCUT2D eigenvalue weighted by molar-refractivity contribution is 0.102. The van der Waals surface area contributed by atoms with Gasteiger partial charge in [-0.15, -0.1) is 0 Å². The molecule has 0 atom stereocenters. The van der Waals surface area contributed by atoms with Crippen LogP contribution in [0.15, 0.2) is 45.3 Å². The first-order valence-electron chi connectivity index (χ1n) is 5.29. The van der Waals surface area contributed by atoms with E-state index in [0.717, 1.165) is 0 Å². The van der Waals surface area contributed by atoms with Crippen LogP contribution in [-0.4, -0.2) is 5.91 Å². The van der Waals surface area contributed by atoms with E-state index in [4.69, 9.17) is 5.73 Å². The second-order valence-corrected chi connectivity index (χ2v) is 5.53. The summed E-state index contributed by atoms with van der Waals surface area (Å²) in [6.45, 7) is 0. The number of halogens is 3. The number of amides is 1. The van der Waals surface area contributed by atoms with Crippen molar-refractivity contribution < 1.29 is 9.18 Å². The Morgan fingerprint density at radius 1 is 1.11 bits per heavy atom. The lowest BCUT2D eigenvalue weighted by Gasteiger charge is -2.10. The van der Waals surface area contributed by atoms with Crippen LogP contribution in [0.5, 0.6) is 0 Å². The van der Waals surface area contributed by atoms with Gasteiger partial charge in [0.1, 0.15) is 5.82 Å². The van der Waals surface area contributed by atoms with E-state index in [9.17, 15) is 9.18 Å². The third-order valence-corrected chi connectivity index (χ3v) is 3.66. The van der Waals surface area contributed by atoms with E-state index in [2.05, 4.69) is 37.2 Å². The summed E-state index contributed by atoms with van der Waals surface area (Å²) in [5.74, 6) is -0.711. The Morgan fingerprint density at radius 2 is 1.63 bits per heavy atom. The fourth-order valence-electron chi connectivity index (χ4n) is 1.50. The maximum Gasteiger partial charge on any atom is 0.255 e. The van der Waals surface area contributed by atoms with Gasteiger partial charge in [0.05, 0.1) is 5.69 Å². The number of nitrogens with one attached hydrogen (secondary N) is 1. The van der Waals surface area contributed by atoms with E-state index in [0.29, 0.717) is 25.9 Å². The first kappa shape index (κ1) is 14.0. The molecule has 0 saturated carbocycles. The molecule has 3 N–H and O–H groups in total. The van der Waals surface area contributed by atoms with Crippen molar-refractivity contribution in [2.24, 2.45) is 0 Å². The molecule has 0 fully saturated rings. The summed E-state index contributed by atoms with van der Waals surface area (Å²) in [5.41, 5.74) is 7.19. The van der Waals surface area contributed by atoms with Crippen molar-refractivity contribution in [1.29, 1.82) is 0 Å². The third kappa shape index (κ3) is 3.33. The molecule has 2 aromatic rings. The van der Waals surface area contributed by atoms with Gasteiger partial charge >= 0.3 is 0 Å². The number of carbonyl (C=O) groups excluding carboxylic acids is 1. The SMILES string of the molecule is Nc1cc(Br)c(NC(=O)c2ccc(F)cc2)c(Br)c1. The van der Waals surface area contributed by atoms with Crippen molar-refractivity contribution in [3.8, 4) is 0 Å². The van der Waals surface area contributed by atoms with Crippen LogP contribution in [0.2, 0.25) is 0 Å². The molecule has 0 aliphatic carbocycles. The highest BCUT2D eigenvalue weighted by Gasteiger charge is 2.12. The summed E-state index contributed by atoms with van der Waals surface area (Å²) in [6, 6.07) is 8.69. The summed E-state index contributed by atoms with van der Waals surface area (Å²) >= 11 is 6.65. The molecule has 2 aromatic carbocycles. The average Bonchev–Trinajstić information content (AvgIpc) is 2.34. The first-order chi connectivity index (χ1) is 8.97. The molecule has 2 rings (SSSR count). The molecule has 6 heteroatoms. The van der Waals surface area contributed by atoms with Crippen LogP contribution in [0.25, 0.3) is 0 Å². The second-order valence-electron chi connectivity index (χ2n) is 3.82. The van der Waals surface area contributed by atoms with Crippen LogP contribution in [0.1, 0.15) is 10.4 Å². The smallest absolute Gasteiger partial charge is 0.255 e. The number of carbonyl (C=O) groups is 1. The molecule has 0 unspecified atom stereocenters. The average molecular weight is 388 g/mol. The number of nitrogen functional groups attached to an aromatic ring is 1. The first-order valence-corrected chi connectivity index (χ1v) is 6.87. The fraction of sp³-hybridized carbons (Fsp3) is 0. The van der Waals surface area contributed by atoms with E-state index < -0.39 is 0 Å². The predicted octanol–water partition coefficient (Wildman–Crippen LogP) is 4.19. The van der Waals surface area contributed by atoms with Gasteiger partial charge in [-0.3, -0.25) is 4.79 Å². The van der Waals surface area contributed by atoms with Crippen molar-refractivity contribution in [3.63, 3.8) is 0 Å². The molecule has 0 spiro atoms. The molecule has 0 bridgehead atoms. The standard InChI is InChI=1S/C13H9Br2FN2O/c14-10-5-9(17)6-11(15)12(10)18-13(19)7-1-3-8(16)4-2-7/h1-6H,17H2,(H,18,19). The maximum atomic E-state index is 12.8. The number of rotatable bonds is 2. The Labute approximate surface area is 126 Å². The van der Waals surface area contributed by atoms with Crippen LogP contribution >= 0.6 is 31.9 Å². The second kappa shape index (κ2) is 5.71. The van der Waals surface area contributed by atoms with Crippen molar-refractivity contribution in [2.45, 2.75) is 0 Å². The zero-order chi connectivity index (χ0) is 14.0.